The fraction of sp³-hybridized carbons (Fsp3) is 0.545. The van der Waals surface area contributed by atoms with Crippen molar-refractivity contribution in [3.63, 3.8) is 0 Å². The van der Waals surface area contributed by atoms with Crippen molar-refractivity contribution in [2.24, 2.45) is 11.8 Å². The summed E-state index contributed by atoms with van der Waals surface area (Å²) < 4.78 is 22.3. The van der Waals surface area contributed by atoms with E-state index in [0.29, 0.717) is 29.8 Å². The highest BCUT2D eigenvalue weighted by Gasteiger charge is 2.34. The Morgan fingerprint density at radius 3 is 2.65 bits per heavy atom. The predicted octanol–water partition coefficient (Wildman–Crippen LogP) is 6.22. The maximum absolute atomic E-state index is 13.1. The maximum Gasteiger partial charge on any atom is 0.231 e. The number of nitrogens with zero attached hydrogens (tertiary/aromatic N) is 1. The van der Waals surface area contributed by atoms with Crippen LogP contribution in [0.2, 0.25) is 0 Å². The smallest absolute Gasteiger partial charge is 0.231 e. The van der Waals surface area contributed by atoms with Crippen LogP contribution in [-0.4, -0.2) is 42.0 Å². The van der Waals surface area contributed by atoms with Crippen molar-refractivity contribution in [3.8, 4) is 5.75 Å². The summed E-state index contributed by atoms with van der Waals surface area (Å²) in [5.74, 6) is 2.30. The van der Waals surface area contributed by atoms with Gasteiger partial charge in [-0.05, 0) is 93.0 Å². The average molecular weight is 567 g/mol. The van der Waals surface area contributed by atoms with Crippen molar-refractivity contribution in [2.45, 2.75) is 82.4 Å². The average Bonchev–Trinajstić information content (AvgIpc) is 3.12. The number of hydrogen-bond acceptors (Lipinski definition) is 5. The van der Waals surface area contributed by atoms with Gasteiger partial charge in [0.1, 0.15) is 5.75 Å². The van der Waals surface area contributed by atoms with Crippen LogP contribution >= 0.6 is 0 Å². The summed E-state index contributed by atoms with van der Waals surface area (Å²) in [6, 6.07) is 12.6. The fourth-order valence-corrected chi connectivity index (χ4v) is 7.03. The minimum Gasteiger partial charge on any atom is -0.491 e. The number of hydrogen-bond donors (Lipinski definition) is 2. The van der Waals surface area contributed by atoms with Gasteiger partial charge in [0.25, 0.3) is 0 Å². The van der Waals surface area contributed by atoms with Gasteiger partial charge in [-0.15, -0.1) is 0 Å². The molecule has 1 saturated carbocycles. The number of nitrogens with one attached hydrogen (secondary N) is 1. The first kappa shape index (κ1) is 30.3. The van der Waals surface area contributed by atoms with Crippen LogP contribution in [0, 0.1) is 18.8 Å². The van der Waals surface area contributed by atoms with Crippen molar-refractivity contribution in [2.75, 3.05) is 31.7 Å². The SMILES string of the molecule is CCCc1cc(C)ccc1C1COc2ccc3cc2N(C1)CC1CCC1C/C=C/CCCCC(=O)NS3=O.CO. The van der Waals surface area contributed by atoms with Crippen molar-refractivity contribution in [1.82, 2.24) is 4.72 Å². The Kier molecular flexibility index (Phi) is 11.2. The Hall–Kier alpha value is -2.64. The topological polar surface area (TPSA) is 78.9 Å². The highest BCUT2D eigenvalue weighted by Crippen LogP contribution is 2.42. The summed E-state index contributed by atoms with van der Waals surface area (Å²) >= 11 is 0. The van der Waals surface area contributed by atoms with Gasteiger partial charge in [0, 0.05) is 32.5 Å². The number of rotatable bonds is 3. The Bertz CT molecular complexity index is 1200. The number of carbonyl (C=O) groups is 1. The third kappa shape index (κ3) is 7.55. The van der Waals surface area contributed by atoms with Gasteiger partial charge in [-0.25, -0.2) is 4.21 Å². The van der Waals surface area contributed by atoms with Gasteiger partial charge < -0.3 is 14.7 Å². The Labute approximate surface area is 242 Å². The highest BCUT2D eigenvalue weighted by atomic mass is 32.2. The van der Waals surface area contributed by atoms with Gasteiger partial charge in [-0.2, -0.15) is 0 Å². The molecule has 4 unspecified atom stereocenters. The molecule has 2 N–H and O–H groups in total. The molecule has 2 heterocycles. The first-order chi connectivity index (χ1) is 19.5. The maximum atomic E-state index is 13.1. The molecule has 3 aliphatic rings. The van der Waals surface area contributed by atoms with Gasteiger partial charge in [0.2, 0.25) is 5.91 Å². The van der Waals surface area contributed by atoms with Crippen LogP contribution < -0.4 is 14.4 Å². The summed E-state index contributed by atoms with van der Waals surface area (Å²) in [6.07, 6.45) is 13.7. The zero-order valence-electron chi connectivity index (χ0n) is 24.4. The molecule has 2 aliphatic heterocycles. The van der Waals surface area contributed by atoms with Crippen molar-refractivity contribution < 1.29 is 18.8 Å². The molecule has 218 valence electrons. The normalized spacial score (nSPS) is 25.9. The van der Waals surface area contributed by atoms with Crippen molar-refractivity contribution in [1.29, 1.82) is 0 Å². The molecule has 1 fully saturated rings. The van der Waals surface area contributed by atoms with Crippen LogP contribution in [0.5, 0.6) is 5.75 Å². The van der Waals surface area contributed by atoms with E-state index in [1.165, 1.54) is 29.5 Å². The molecule has 7 heteroatoms. The van der Waals surface area contributed by atoms with Crippen LogP contribution in [0.15, 0.2) is 53.4 Å². The van der Waals surface area contributed by atoms with Crippen LogP contribution in [0.3, 0.4) is 0 Å². The molecule has 0 aromatic heterocycles. The Morgan fingerprint density at radius 2 is 1.88 bits per heavy atom. The van der Waals surface area contributed by atoms with E-state index in [1.807, 2.05) is 18.2 Å². The summed E-state index contributed by atoms with van der Waals surface area (Å²) in [7, 11) is -0.584. The predicted molar refractivity (Wildman–Crippen MR) is 163 cm³/mol. The lowest BCUT2D eigenvalue weighted by molar-refractivity contribution is -0.119. The number of anilines is 1. The van der Waals surface area contributed by atoms with Crippen molar-refractivity contribution >= 4 is 22.6 Å². The highest BCUT2D eigenvalue weighted by molar-refractivity contribution is 7.83. The molecule has 4 atom stereocenters. The molecule has 2 aromatic rings. The number of amides is 1. The molecular weight excluding hydrogens is 520 g/mol. The minimum absolute atomic E-state index is 0.152. The number of carbonyl (C=O) groups excluding carboxylic acids is 1. The lowest BCUT2D eigenvalue weighted by atomic mass is 9.71. The van der Waals surface area contributed by atoms with Crippen LogP contribution in [0.25, 0.3) is 0 Å². The lowest BCUT2D eigenvalue weighted by Crippen LogP contribution is -2.40. The Balaban J connectivity index is 0.00000181. The first-order valence-electron chi connectivity index (χ1n) is 14.9. The van der Waals surface area contributed by atoms with Gasteiger partial charge in [-0.3, -0.25) is 9.52 Å². The van der Waals surface area contributed by atoms with E-state index in [0.717, 1.165) is 70.2 Å². The van der Waals surface area contributed by atoms with E-state index >= 15 is 0 Å². The fourth-order valence-electron chi connectivity index (χ4n) is 6.19. The van der Waals surface area contributed by atoms with E-state index in [-0.39, 0.29) is 11.8 Å². The number of benzene rings is 2. The number of aliphatic hydroxyl groups is 1. The second kappa shape index (κ2) is 14.8. The molecule has 0 spiro atoms. The zero-order valence-corrected chi connectivity index (χ0v) is 25.2. The minimum atomic E-state index is -1.58. The first-order valence-corrected chi connectivity index (χ1v) is 16.1. The molecule has 6 nitrogen and oxygen atoms in total. The van der Waals surface area contributed by atoms with E-state index in [2.05, 4.69) is 53.8 Å². The quantitative estimate of drug-likeness (QED) is 0.431. The number of aliphatic hydroxyl groups excluding tert-OH is 1. The molecule has 40 heavy (non-hydrogen) atoms. The third-order valence-electron chi connectivity index (χ3n) is 8.49. The van der Waals surface area contributed by atoms with Gasteiger partial charge in [0.15, 0.2) is 11.0 Å². The largest absolute Gasteiger partial charge is 0.491 e. The van der Waals surface area contributed by atoms with E-state index in [1.54, 1.807) is 0 Å². The summed E-state index contributed by atoms with van der Waals surface area (Å²) in [4.78, 5) is 15.6. The molecule has 2 bridgehead atoms. The molecule has 0 saturated heterocycles. The summed E-state index contributed by atoms with van der Waals surface area (Å²) in [5.41, 5.74) is 5.11. The Morgan fingerprint density at radius 1 is 1.05 bits per heavy atom. The number of aryl methyl sites for hydroxylation is 2. The van der Waals surface area contributed by atoms with Gasteiger partial charge >= 0.3 is 0 Å². The second-order valence-corrected chi connectivity index (χ2v) is 12.6. The summed E-state index contributed by atoms with van der Waals surface area (Å²) in [5, 5.41) is 7.00. The van der Waals surface area contributed by atoms with E-state index in [9.17, 15) is 9.00 Å². The van der Waals surface area contributed by atoms with Gasteiger partial charge in [-0.1, -0.05) is 49.3 Å². The van der Waals surface area contributed by atoms with Crippen LogP contribution in [-0.2, 0) is 22.2 Å². The molecule has 1 amide bonds. The third-order valence-corrected chi connectivity index (χ3v) is 9.59. The molecule has 2 aromatic carbocycles. The molecule has 1 aliphatic carbocycles. The lowest BCUT2D eigenvalue weighted by Gasteiger charge is -2.41. The summed E-state index contributed by atoms with van der Waals surface area (Å²) in [6.45, 7) is 6.88. The molecule has 0 radical (unpaired) electrons. The van der Waals surface area contributed by atoms with Gasteiger partial charge in [0.05, 0.1) is 17.2 Å². The molecule has 5 rings (SSSR count). The zero-order chi connectivity index (χ0) is 28.5. The van der Waals surface area contributed by atoms with E-state index < -0.39 is 11.0 Å². The monoisotopic (exact) mass is 566 g/mol. The molecular formula is C33H46N2O4S. The number of allylic oxidation sites excluding steroid dienone is 2. The van der Waals surface area contributed by atoms with Crippen LogP contribution in [0.4, 0.5) is 5.69 Å². The van der Waals surface area contributed by atoms with Crippen LogP contribution in [0.1, 0.15) is 80.9 Å². The van der Waals surface area contributed by atoms with E-state index in [4.69, 9.17) is 9.84 Å². The standard InChI is InChI=1S/C32H42N2O3S.CH4O/c1-3-9-25-18-23(2)12-16-29(25)27-21-34-20-26-14-13-24(26)10-7-5-4-6-8-11-32(35)33-38(36)28-15-17-31(37-22-27)30(34)19-28;1-2/h5,7,12,15-19,24,26-27H,3-4,6,8-11,13-14,20-22H2,1-2H3,(H,33,35);2H,1H3/b7-5+;. The second-order valence-electron chi connectivity index (χ2n) is 11.3. The van der Waals surface area contributed by atoms with Crippen molar-refractivity contribution in [3.05, 3.63) is 65.2 Å². The number of fused-ring (bicyclic) bond motifs is 2. The number of ether oxygens (including phenoxy) is 1.